The van der Waals surface area contributed by atoms with Crippen molar-refractivity contribution in [1.29, 1.82) is 0 Å². The molecule has 90 valence electrons. The molecule has 0 saturated heterocycles. The number of hydrogen-bond donors (Lipinski definition) is 1. The molecule has 2 rings (SSSR count). The van der Waals surface area contributed by atoms with E-state index in [0.29, 0.717) is 12.0 Å². The first-order valence-corrected chi connectivity index (χ1v) is 5.46. The highest BCUT2D eigenvalue weighted by Gasteiger charge is 2.16. The molecule has 0 amide bonds. The molecule has 0 spiro atoms. The maximum atomic E-state index is 12.9. The standard InChI is InChI=1S/C11H10ClFN2O2/c1-2-9(16)10-14-11(17-15-10)7-4-3-6(13)5-8(7)12/h3-5,9,16H,2H2,1H3. The molecule has 0 radical (unpaired) electrons. The molecule has 2 aromatic rings. The van der Waals surface area contributed by atoms with Gasteiger partial charge in [-0.05, 0) is 24.6 Å². The van der Waals surface area contributed by atoms with Crippen LogP contribution in [-0.2, 0) is 0 Å². The van der Waals surface area contributed by atoms with Gasteiger partial charge in [0.05, 0.1) is 10.6 Å². The number of benzene rings is 1. The number of hydrogen-bond acceptors (Lipinski definition) is 4. The van der Waals surface area contributed by atoms with Crippen LogP contribution in [0.25, 0.3) is 11.5 Å². The molecule has 0 aliphatic heterocycles. The van der Waals surface area contributed by atoms with Crippen molar-refractivity contribution < 1.29 is 14.0 Å². The molecular formula is C11H10ClFN2O2. The Bertz CT molecular complexity index is 530. The second-order valence-electron chi connectivity index (χ2n) is 3.51. The Hall–Kier alpha value is -1.46. The summed E-state index contributed by atoms with van der Waals surface area (Å²) >= 11 is 5.86. The first-order chi connectivity index (χ1) is 8.11. The van der Waals surface area contributed by atoms with E-state index in [1.807, 2.05) is 0 Å². The maximum absolute atomic E-state index is 12.9. The van der Waals surface area contributed by atoms with E-state index < -0.39 is 11.9 Å². The van der Waals surface area contributed by atoms with Crippen molar-refractivity contribution in [3.63, 3.8) is 0 Å². The Morgan fingerprint density at radius 3 is 2.94 bits per heavy atom. The van der Waals surface area contributed by atoms with Crippen LogP contribution >= 0.6 is 11.6 Å². The SMILES string of the molecule is CCC(O)c1noc(-c2ccc(F)cc2Cl)n1. The van der Waals surface area contributed by atoms with E-state index in [9.17, 15) is 9.50 Å². The molecule has 0 fully saturated rings. The van der Waals surface area contributed by atoms with E-state index in [-0.39, 0.29) is 16.7 Å². The molecule has 6 heteroatoms. The van der Waals surface area contributed by atoms with Gasteiger partial charge in [-0.15, -0.1) is 0 Å². The lowest BCUT2D eigenvalue weighted by atomic mass is 10.2. The van der Waals surface area contributed by atoms with Gasteiger partial charge in [0.2, 0.25) is 5.82 Å². The van der Waals surface area contributed by atoms with Crippen molar-refractivity contribution in [2.75, 3.05) is 0 Å². The summed E-state index contributed by atoms with van der Waals surface area (Å²) in [6.07, 6.45) is -0.289. The van der Waals surface area contributed by atoms with E-state index in [0.717, 1.165) is 6.07 Å². The van der Waals surface area contributed by atoms with Crippen LogP contribution < -0.4 is 0 Å². The van der Waals surface area contributed by atoms with Crippen molar-refractivity contribution in [1.82, 2.24) is 10.1 Å². The molecular weight excluding hydrogens is 247 g/mol. The van der Waals surface area contributed by atoms with E-state index in [2.05, 4.69) is 10.1 Å². The average molecular weight is 257 g/mol. The number of halogens is 2. The fraction of sp³-hybridized carbons (Fsp3) is 0.273. The molecule has 1 N–H and O–H groups in total. The number of nitrogens with zero attached hydrogens (tertiary/aromatic N) is 2. The minimum absolute atomic E-state index is 0.164. The normalized spacial score (nSPS) is 12.7. The Morgan fingerprint density at radius 2 is 2.29 bits per heavy atom. The quantitative estimate of drug-likeness (QED) is 0.917. The molecule has 1 aromatic heterocycles. The fourth-order valence-electron chi connectivity index (χ4n) is 1.33. The van der Waals surface area contributed by atoms with Crippen molar-refractivity contribution in [2.45, 2.75) is 19.4 Å². The summed E-state index contributed by atoms with van der Waals surface area (Å²) in [7, 11) is 0. The van der Waals surface area contributed by atoms with Crippen molar-refractivity contribution in [3.8, 4) is 11.5 Å². The molecule has 4 nitrogen and oxygen atoms in total. The summed E-state index contributed by atoms with van der Waals surface area (Å²) in [6.45, 7) is 1.80. The summed E-state index contributed by atoms with van der Waals surface area (Å²) in [5.41, 5.74) is 0.440. The number of aliphatic hydroxyl groups is 1. The Kier molecular flexibility index (Phi) is 3.40. The second-order valence-corrected chi connectivity index (χ2v) is 3.91. The second kappa shape index (κ2) is 4.81. The summed E-state index contributed by atoms with van der Waals surface area (Å²) in [5.74, 6) is -0.0764. The molecule has 0 aliphatic rings. The highest BCUT2D eigenvalue weighted by Crippen LogP contribution is 2.28. The zero-order chi connectivity index (χ0) is 12.4. The van der Waals surface area contributed by atoms with Gasteiger partial charge in [-0.1, -0.05) is 23.7 Å². The van der Waals surface area contributed by atoms with Crippen LogP contribution in [0.1, 0.15) is 25.3 Å². The Morgan fingerprint density at radius 1 is 1.53 bits per heavy atom. The number of rotatable bonds is 3. The van der Waals surface area contributed by atoms with E-state index in [4.69, 9.17) is 16.1 Å². The van der Waals surface area contributed by atoms with Gasteiger partial charge in [-0.2, -0.15) is 4.98 Å². The van der Waals surface area contributed by atoms with Crippen molar-refractivity contribution in [3.05, 3.63) is 34.9 Å². The largest absolute Gasteiger partial charge is 0.385 e. The molecule has 17 heavy (non-hydrogen) atoms. The first-order valence-electron chi connectivity index (χ1n) is 5.09. The molecule has 1 atom stereocenters. The Balaban J connectivity index is 2.37. The van der Waals surface area contributed by atoms with E-state index >= 15 is 0 Å². The summed E-state index contributed by atoms with van der Waals surface area (Å²) in [4.78, 5) is 4.01. The number of aromatic nitrogens is 2. The van der Waals surface area contributed by atoms with Gasteiger partial charge in [0.15, 0.2) is 0 Å². The molecule has 1 heterocycles. The first kappa shape index (κ1) is 12.0. The van der Waals surface area contributed by atoms with Gasteiger partial charge in [0, 0.05) is 0 Å². The van der Waals surface area contributed by atoms with Crippen LogP contribution in [0.2, 0.25) is 5.02 Å². The molecule has 0 aliphatic carbocycles. The van der Waals surface area contributed by atoms with Gasteiger partial charge < -0.3 is 9.63 Å². The number of aliphatic hydroxyl groups excluding tert-OH is 1. The lowest BCUT2D eigenvalue weighted by molar-refractivity contribution is 0.159. The van der Waals surface area contributed by atoms with Crippen LogP contribution in [0.3, 0.4) is 0 Å². The molecule has 0 saturated carbocycles. The van der Waals surface area contributed by atoms with Gasteiger partial charge >= 0.3 is 0 Å². The average Bonchev–Trinajstić information content (AvgIpc) is 2.77. The van der Waals surface area contributed by atoms with Gasteiger partial charge in [0.1, 0.15) is 11.9 Å². The van der Waals surface area contributed by atoms with Crippen LogP contribution in [0, 0.1) is 5.82 Å². The summed E-state index contributed by atoms with van der Waals surface area (Å²) < 4.78 is 17.8. The molecule has 1 aromatic carbocycles. The van der Waals surface area contributed by atoms with Gasteiger partial charge in [-0.25, -0.2) is 4.39 Å². The minimum Gasteiger partial charge on any atom is -0.385 e. The van der Waals surface area contributed by atoms with Crippen LogP contribution in [-0.4, -0.2) is 15.2 Å². The third-order valence-corrected chi connectivity index (χ3v) is 2.60. The lowest BCUT2D eigenvalue weighted by Gasteiger charge is -1.99. The maximum Gasteiger partial charge on any atom is 0.259 e. The van der Waals surface area contributed by atoms with Crippen LogP contribution in [0.4, 0.5) is 4.39 Å². The lowest BCUT2D eigenvalue weighted by Crippen LogP contribution is -1.97. The van der Waals surface area contributed by atoms with Crippen molar-refractivity contribution in [2.24, 2.45) is 0 Å². The molecule has 1 unspecified atom stereocenters. The van der Waals surface area contributed by atoms with Gasteiger partial charge in [0.25, 0.3) is 5.89 Å². The fourth-order valence-corrected chi connectivity index (χ4v) is 1.57. The minimum atomic E-state index is -0.772. The van der Waals surface area contributed by atoms with Crippen LogP contribution in [0.15, 0.2) is 22.7 Å². The summed E-state index contributed by atoms with van der Waals surface area (Å²) in [6, 6.07) is 3.87. The smallest absolute Gasteiger partial charge is 0.259 e. The monoisotopic (exact) mass is 256 g/mol. The Labute approximate surface area is 102 Å². The zero-order valence-electron chi connectivity index (χ0n) is 9.02. The van der Waals surface area contributed by atoms with E-state index in [1.165, 1.54) is 12.1 Å². The summed E-state index contributed by atoms with van der Waals surface area (Å²) in [5, 5.41) is 13.3. The van der Waals surface area contributed by atoms with Gasteiger partial charge in [-0.3, -0.25) is 0 Å². The predicted molar refractivity (Wildman–Crippen MR) is 60.0 cm³/mol. The predicted octanol–water partition coefficient (Wildman–Crippen LogP) is 2.97. The van der Waals surface area contributed by atoms with Crippen molar-refractivity contribution >= 4 is 11.6 Å². The topological polar surface area (TPSA) is 59.2 Å². The van der Waals surface area contributed by atoms with Crippen LogP contribution in [0.5, 0.6) is 0 Å². The third kappa shape index (κ3) is 2.45. The molecule has 0 bridgehead atoms. The third-order valence-electron chi connectivity index (χ3n) is 2.29. The highest BCUT2D eigenvalue weighted by atomic mass is 35.5. The van der Waals surface area contributed by atoms with E-state index in [1.54, 1.807) is 6.92 Å². The zero-order valence-corrected chi connectivity index (χ0v) is 9.78. The highest BCUT2D eigenvalue weighted by molar-refractivity contribution is 6.33.